The van der Waals surface area contributed by atoms with Gasteiger partial charge in [-0.15, -0.1) is 0 Å². The van der Waals surface area contributed by atoms with E-state index in [0.717, 1.165) is 30.9 Å². The number of hydrogen-bond acceptors (Lipinski definition) is 2. The average Bonchev–Trinajstić information content (AvgIpc) is 2.96. The molecule has 1 aromatic heterocycles. The number of carbonyl (C=O) groups excluding carboxylic acids is 1. The molecule has 0 fully saturated rings. The van der Waals surface area contributed by atoms with Crippen molar-refractivity contribution >= 4 is 5.91 Å². The zero-order chi connectivity index (χ0) is 18.9. The Labute approximate surface area is 150 Å². The van der Waals surface area contributed by atoms with Crippen molar-refractivity contribution in [3.05, 3.63) is 52.8 Å². The number of nitrogens with zero attached hydrogens (tertiary/aromatic N) is 2. The maximum Gasteiger partial charge on any atom is 0.435 e. The topological polar surface area (TPSA) is 46.9 Å². The molecule has 1 aliphatic carbocycles. The van der Waals surface area contributed by atoms with Crippen LogP contribution in [0.3, 0.4) is 0 Å². The summed E-state index contributed by atoms with van der Waals surface area (Å²) in [6.07, 6.45) is -1.60. The van der Waals surface area contributed by atoms with Crippen molar-refractivity contribution < 1.29 is 18.0 Å². The van der Waals surface area contributed by atoms with Crippen LogP contribution in [-0.2, 0) is 23.9 Å². The van der Waals surface area contributed by atoms with E-state index < -0.39 is 17.8 Å². The number of rotatable bonds is 4. The average molecular weight is 365 g/mol. The van der Waals surface area contributed by atoms with Crippen LogP contribution >= 0.6 is 0 Å². The van der Waals surface area contributed by atoms with Crippen molar-refractivity contribution in [3.63, 3.8) is 0 Å². The monoisotopic (exact) mass is 365 g/mol. The Morgan fingerprint density at radius 2 is 2.12 bits per heavy atom. The number of hydrogen-bond donors (Lipinski definition) is 1. The lowest BCUT2D eigenvalue weighted by Gasteiger charge is -2.27. The quantitative estimate of drug-likeness (QED) is 0.889. The molecule has 2 atom stereocenters. The highest BCUT2D eigenvalue weighted by atomic mass is 19.4. The first-order chi connectivity index (χ1) is 12.3. The summed E-state index contributed by atoms with van der Waals surface area (Å²) in [6, 6.07) is 9.00. The molecule has 26 heavy (non-hydrogen) atoms. The zero-order valence-electron chi connectivity index (χ0n) is 14.8. The predicted molar refractivity (Wildman–Crippen MR) is 91.4 cm³/mol. The molecule has 1 aromatic carbocycles. The summed E-state index contributed by atoms with van der Waals surface area (Å²) in [5.74, 6) is -0.654. The lowest BCUT2D eigenvalue weighted by molar-refractivity contribution is -0.141. The summed E-state index contributed by atoms with van der Waals surface area (Å²) >= 11 is 0. The molecule has 3 rings (SSSR count). The SMILES string of the molecule is Cc1cc(C(F)(F)F)nn1C[C@H](C)C(=O)N[C@H]1CCCc2ccccc21. The number of alkyl halides is 3. The van der Waals surface area contributed by atoms with Crippen LogP contribution in [0.25, 0.3) is 0 Å². The van der Waals surface area contributed by atoms with Gasteiger partial charge in [0.1, 0.15) is 0 Å². The van der Waals surface area contributed by atoms with Crippen LogP contribution in [0.2, 0.25) is 0 Å². The molecule has 1 aliphatic rings. The van der Waals surface area contributed by atoms with E-state index in [1.54, 1.807) is 13.8 Å². The largest absolute Gasteiger partial charge is 0.435 e. The van der Waals surface area contributed by atoms with Gasteiger partial charge < -0.3 is 5.32 Å². The van der Waals surface area contributed by atoms with Crippen molar-refractivity contribution in [1.82, 2.24) is 15.1 Å². The van der Waals surface area contributed by atoms with E-state index >= 15 is 0 Å². The van der Waals surface area contributed by atoms with Crippen molar-refractivity contribution in [2.75, 3.05) is 0 Å². The Hall–Kier alpha value is -2.31. The first-order valence-corrected chi connectivity index (χ1v) is 8.75. The summed E-state index contributed by atoms with van der Waals surface area (Å²) in [7, 11) is 0. The maximum absolute atomic E-state index is 12.8. The van der Waals surface area contributed by atoms with Crippen LogP contribution < -0.4 is 5.32 Å². The molecule has 4 nitrogen and oxygen atoms in total. The van der Waals surface area contributed by atoms with E-state index in [-0.39, 0.29) is 18.5 Å². The summed E-state index contributed by atoms with van der Waals surface area (Å²) in [4.78, 5) is 12.6. The van der Waals surface area contributed by atoms with Gasteiger partial charge in [-0.05, 0) is 43.4 Å². The highest BCUT2D eigenvalue weighted by Gasteiger charge is 2.34. The third-order valence-electron chi connectivity index (χ3n) is 4.85. The van der Waals surface area contributed by atoms with Crippen molar-refractivity contribution in [2.45, 2.75) is 51.9 Å². The van der Waals surface area contributed by atoms with Gasteiger partial charge in [-0.25, -0.2) is 0 Å². The number of halogens is 3. The van der Waals surface area contributed by atoms with Crippen molar-refractivity contribution in [3.8, 4) is 0 Å². The molecule has 1 heterocycles. The van der Waals surface area contributed by atoms with E-state index in [1.165, 1.54) is 10.2 Å². The third-order valence-corrected chi connectivity index (χ3v) is 4.85. The van der Waals surface area contributed by atoms with Crippen LogP contribution in [0, 0.1) is 12.8 Å². The van der Waals surface area contributed by atoms with Gasteiger partial charge in [0.2, 0.25) is 5.91 Å². The van der Waals surface area contributed by atoms with Gasteiger partial charge in [0, 0.05) is 5.69 Å². The molecule has 7 heteroatoms. The highest BCUT2D eigenvalue weighted by Crippen LogP contribution is 2.30. The number of benzene rings is 1. The molecule has 0 radical (unpaired) electrons. The third kappa shape index (κ3) is 3.92. The van der Waals surface area contributed by atoms with Crippen LogP contribution in [0.15, 0.2) is 30.3 Å². The number of amides is 1. The van der Waals surface area contributed by atoms with Crippen molar-refractivity contribution in [2.24, 2.45) is 5.92 Å². The Balaban J connectivity index is 1.67. The van der Waals surface area contributed by atoms with Crippen LogP contribution in [0.1, 0.15) is 48.3 Å². The number of carbonyl (C=O) groups is 1. The summed E-state index contributed by atoms with van der Waals surface area (Å²) < 4.78 is 39.6. The molecular formula is C19H22F3N3O. The fraction of sp³-hybridized carbons (Fsp3) is 0.474. The molecular weight excluding hydrogens is 343 g/mol. The number of fused-ring (bicyclic) bond motifs is 1. The second-order valence-electron chi connectivity index (χ2n) is 6.90. The lowest BCUT2D eigenvalue weighted by atomic mass is 9.87. The lowest BCUT2D eigenvalue weighted by Crippen LogP contribution is -2.36. The number of aromatic nitrogens is 2. The molecule has 0 bridgehead atoms. The first kappa shape index (κ1) is 18.5. The van der Waals surface area contributed by atoms with Gasteiger partial charge in [-0.1, -0.05) is 31.2 Å². The molecule has 0 saturated carbocycles. The molecule has 0 aliphatic heterocycles. The fourth-order valence-electron chi connectivity index (χ4n) is 3.39. The van der Waals surface area contributed by atoms with Gasteiger partial charge in [0.05, 0.1) is 18.5 Å². The standard InChI is InChI=1S/C19H22F3N3O/c1-12(11-25-13(2)10-17(24-25)19(20,21)22)18(26)23-16-9-5-7-14-6-3-4-8-15(14)16/h3-4,6,8,10,12,16H,5,7,9,11H2,1-2H3,(H,23,26)/t12-,16-/m0/s1. The van der Waals surface area contributed by atoms with E-state index in [1.807, 2.05) is 18.2 Å². The Morgan fingerprint density at radius 3 is 2.81 bits per heavy atom. The molecule has 140 valence electrons. The fourth-order valence-corrected chi connectivity index (χ4v) is 3.39. The second kappa shape index (κ2) is 7.13. The van der Waals surface area contributed by atoms with E-state index in [9.17, 15) is 18.0 Å². The minimum atomic E-state index is -4.48. The number of aryl methyl sites for hydroxylation is 2. The Morgan fingerprint density at radius 1 is 1.38 bits per heavy atom. The second-order valence-corrected chi connectivity index (χ2v) is 6.90. The van der Waals surface area contributed by atoms with Crippen LogP contribution in [0.5, 0.6) is 0 Å². The van der Waals surface area contributed by atoms with E-state index in [4.69, 9.17) is 0 Å². The van der Waals surface area contributed by atoms with E-state index in [0.29, 0.717) is 5.69 Å². The summed E-state index contributed by atoms with van der Waals surface area (Å²) in [6.45, 7) is 3.38. The minimum absolute atomic E-state index is 0.0423. The smallest absolute Gasteiger partial charge is 0.349 e. The highest BCUT2D eigenvalue weighted by molar-refractivity contribution is 5.78. The normalized spacial score (nSPS) is 18.3. The first-order valence-electron chi connectivity index (χ1n) is 8.75. The Bertz CT molecular complexity index is 798. The van der Waals surface area contributed by atoms with Crippen LogP contribution in [0.4, 0.5) is 13.2 Å². The molecule has 0 saturated heterocycles. The van der Waals surface area contributed by atoms with Crippen molar-refractivity contribution in [1.29, 1.82) is 0 Å². The Kier molecular flexibility index (Phi) is 5.07. The zero-order valence-corrected chi connectivity index (χ0v) is 14.8. The van der Waals surface area contributed by atoms with Gasteiger partial charge in [-0.3, -0.25) is 9.48 Å². The minimum Gasteiger partial charge on any atom is -0.349 e. The molecule has 1 N–H and O–H groups in total. The van der Waals surface area contributed by atoms with Crippen LogP contribution in [-0.4, -0.2) is 15.7 Å². The molecule has 1 amide bonds. The summed E-state index contributed by atoms with van der Waals surface area (Å²) in [5, 5.41) is 6.65. The van der Waals surface area contributed by atoms with Gasteiger partial charge >= 0.3 is 6.18 Å². The summed E-state index contributed by atoms with van der Waals surface area (Å²) in [5.41, 5.74) is 1.84. The van der Waals surface area contributed by atoms with Gasteiger partial charge in [0.25, 0.3) is 0 Å². The molecule has 0 unspecified atom stereocenters. The maximum atomic E-state index is 12.8. The molecule has 2 aromatic rings. The number of nitrogens with one attached hydrogen (secondary N) is 1. The molecule has 0 spiro atoms. The predicted octanol–water partition coefficient (Wildman–Crippen LogP) is 4.04. The van der Waals surface area contributed by atoms with E-state index in [2.05, 4.69) is 16.5 Å². The van der Waals surface area contributed by atoms with Gasteiger partial charge in [-0.2, -0.15) is 18.3 Å². The van der Waals surface area contributed by atoms with Gasteiger partial charge in [0.15, 0.2) is 5.69 Å².